The number of aryl methyl sites for hydroxylation is 1. The monoisotopic (exact) mass is 364 g/mol. The number of pyridine rings is 1. The molecule has 132 valence electrons. The Bertz CT molecular complexity index is 1030. The van der Waals surface area contributed by atoms with E-state index in [9.17, 15) is 4.79 Å². The molecule has 0 fully saturated rings. The molecule has 0 bridgehead atoms. The molecular formula is C20H20N4OS. The summed E-state index contributed by atoms with van der Waals surface area (Å²) in [5.74, 6) is -0.0284. The van der Waals surface area contributed by atoms with E-state index in [2.05, 4.69) is 17.2 Å². The van der Waals surface area contributed by atoms with Gasteiger partial charge >= 0.3 is 0 Å². The van der Waals surface area contributed by atoms with Gasteiger partial charge in [-0.2, -0.15) is 0 Å². The summed E-state index contributed by atoms with van der Waals surface area (Å²) in [7, 11) is 0. The van der Waals surface area contributed by atoms with Crippen LogP contribution in [0, 0.1) is 13.8 Å². The third-order valence-corrected chi connectivity index (χ3v) is 5.73. The highest BCUT2D eigenvalue weighted by Crippen LogP contribution is 2.30. The van der Waals surface area contributed by atoms with E-state index in [4.69, 9.17) is 0 Å². The van der Waals surface area contributed by atoms with E-state index >= 15 is 0 Å². The Morgan fingerprint density at radius 3 is 2.69 bits per heavy atom. The molecule has 0 atom stereocenters. The highest BCUT2D eigenvalue weighted by molar-refractivity contribution is 7.15. The van der Waals surface area contributed by atoms with Gasteiger partial charge in [-0.3, -0.25) is 4.79 Å². The standard InChI is InChI=1S/C20H20N4OS/c1-14-15(2)26-20(23-10-5-6-11-23)18(14)19(25)21-9-8-16-13-24-12-4-3-7-17(24)22-16/h3-7,10-13H,8-9H2,1-2H3,(H,21,25). The van der Waals surface area contributed by atoms with Crippen molar-refractivity contribution in [3.05, 3.63) is 76.8 Å². The van der Waals surface area contributed by atoms with Crippen LogP contribution in [0.4, 0.5) is 0 Å². The van der Waals surface area contributed by atoms with E-state index in [1.165, 1.54) is 4.88 Å². The van der Waals surface area contributed by atoms with Crippen LogP contribution >= 0.6 is 11.3 Å². The van der Waals surface area contributed by atoms with Gasteiger partial charge in [0, 0.05) is 42.6 Å². The van der Waals surface area contributed by atoms with Crippen molar-refractivity contribution in [2.45, 2.75) is 20.3 Å². The van der Waals surface area contributed by atoms with Gasteiger partial charge in [0.1, 0.15) is 10.6 Å². The van der Waals surface area contributed by atoms with Gasteiger partial charge < -0.3 is 14.3 Å². The van der Waals surface area contributed by atoms with Crippen LogP contribution in [0.1, 0.15) is 26.5 Å². The zero-order valence-corrected chi connectivity index (χ0v) is 15.6. The van der Waals surface area contributed by atoms with Crippen LogP contribution in [0.15, 0.2) is 55.1 Å². The second-order valence-electron chi connectivity index (χ2n) is 6.26. The molecule has 0 aliphatic carbocycles. The maximum absolute atomic E-state index is 12.8. The van der Waals surface area contributed by atoms with E-state index in [1.807, 2.05) is 71.0 Å². The maximum atomic E-state index is 12.8. The number of hydrogen-bond donors (Lipinski definition) is 1. The van der Waals surface area contributed by atoms with E-state index in [1.54, 1.807) is 11.3 Å². The van der Waals surface area contributed by atoms with Crippen molar-refractivity contribution < 1.29 is 4.79 Å². The van der Waals surface area contributed by atoms with Crippen LogP contribution in [-0.2, 0) is 6.42 Å². The highest BCUT2D eigenvalue weighted by Gasteiger charge is 2.20. The number of rotatable bonds is 5. The normalized spacial score (nSPS) is 11.2. The first-order chi connectivity index (χ1) is 12.6. The van der Waals surface area contributed by atoms with Gasteiger partial charge in [0.15, 0.2) is 0 Å². The average Bonchev–Trinajstić information content (AvgIpc) is 3.34. The van der Waals surface area contributed by atoms with Gasteiger partial charge in [0.25, 0.3) is 5.91 Å². The Morgan fingerprint density at radius 2 is 1.92 bits per heavy atom. The van der Waals surface area contributed by atoms with Crippen molar-refractivity contribution >= 4 is 22.9 Å². The minimum absolute atomic E-state index is 0.0284. The molecule has 1 amide bonds. The third-order valence-electron chi connectivity index (χ3n) is 4.51. The molecule has 0 spiro atoms. The Balaban J connectivity index is 1.48. The smallest absolute Gasteiger partial charge is 0.254 e. The molecule has 4 aromatic heterocycles. The predicted octanol–water partition coefficient (Wildman–Crippen LogP) is 3.78. The van der Waals surface area contributed by atoms with Crippen LogP contribution < -0.4 is 5.32 Å². The number of nitrogens with one attached hydrogen (secondary N) is 1. The molecule has 0 aliphatic rings. The predicted molar refractivity (Wildman–Crippen MR) is 104 cm³/mol. The number of thiophene rings is 1. The Hall–Kier alpha value is -2.86. The summed E-state index contributed by atoms with van der Waals surface area (Å²) in [5.41, 5.74) is 3.70. The number of fused-ring (bicyclic) bond motifs is 1. The molecule has 0 saturated carbocycles. The summed E-state index contributed by atoms with van der Waals surface area (Å²) in [6.07, 6.45) is 8.63. The Kier molecular flexibility index (Phi) is 4.34. The lowest BCUT2D eigenvalue weighted by Gasteiger charge is -2.08. The van der Waals surface area contributed by atoms with Gasteiger partial charge in [0.05, 0.1) is 11.3 Å². The molecule has 26 heavy (non-hydrogen) atoms. The van der Waals surface area contributed by atoms with E-state index in [0.29, 0.717) is 13.0 Å². The fourth-order valence-corrected chi connectivity index (χ4v) is 4.15. The number of hydrogen-bond acceptors (Lipinski definition) is 3. The van der Waals surface area contributed by atoms with E-state index < -0.39 is 0 Å². The fourth-order valence-electron chi connectivity index (χ4n) is 3.03. The van der Waals surface area contributed by atoms with Gasteiger partial charge in [-0.05, 0) is 43.7 Å². The summed E-state index contributed by atoms with van der Waals surface area (Å²) in [5, 5.41) is 4.02. The van der Waals surface area contributed by atoms with Crippen LogP contribution in [0.3, 0.4) is 0 Å². The molecule has 5 nitrogen and oxygen atoms in total. The second kappa shape index (κ2) is 6.80. The van der Waals surface area contributed by atoms with Crippen molar-refractivity contribution in [3.8, 4) is 5.00 Å². The number of carbonyl (C=O) groups is 1. The van der Waals surface area contributed by atoms with Crippen LogP contribution in [0.5, 0.6) is 0 Å². The zero-order chi connectivity index (χ0) is 18.1. The van der Waals surface area contributed by atoms with Crippen molar-refractivity contribution in [1.29, 1.82) is 0 Å². The minimum Gasteiger partial charge on any atom is -0.352 e. The zero-order valence-electron chi connectivity index (χ0n) is 14.8. The van der Waals surface area contributed by atoms with Gasteiger partial charge in [-0.15, -0.1) is 11.3 Å². The fraction of sp³-hybridized carbons (Fsp3) is 0.200. The number of imidazole rings is 1. The molecule has 0 saturated heterocycles. The molecule has 0 aromatic carbocycles. The summed E-state index contributed by atoms with van der Waals surface area (Å²) < 4.78 is 4.00. The van der Waals surface area contributed by atoms with Gasteiger partial charge in [-0.25, -0.2) is 4.98 Å². The summed E-state index contributed by atoms with van der Waals surface area (Å²) in [6, 6.07) is 9.86. The Labute approximate surface area is 155 Å². The summed E-state index contributed by atoms with van der Waals surface area (Å²) >= 11 is 1.65. The summed E-state index contributed by atoms with van der Waals surface area (Å²) in [6.45, 7) is 4.62. The van der Waals surface area contributed by atoms with Crippen LogP contribution in [0.25, 0.3) is 10.6 Å². The number of carbonyl (C=O) groups excluding carboxylic acids is 1. The van der Waals surface area contributed by atoms with Gasteiger partial charge in [0.2, 0.25) is 0 Å². The lowest BCUT2D eigenvalue weighted by Crippen LogP contribution is -2.27. The topological polar surface area (TPSA) is 51.3 Å². The first kappa shape index (κ1) is 16.6. The molecule has 0 radical (unpaired) electrons. The SMILES string of the molecule is Cc1sc(-n2cccc2)c(C(=O)NCCc2cn3ccccc3n2)c1C. The molecule has 0 unspecified atom stereocenters. The van der Waals surface area contributed by atoms with Crippen molar-refractivity contribution in [2.75, 3.05) is 6.54 Å². The number of aromatic nitrogens is 3. The maximum Gasteiger partial charge on any atom is 0.254 e. The number of nitrogens with zero attached hydrogens (tertiary/aromatic N) is 3. The Morgan fingerprint density at radius 1 is 1.15 bits per heavy atom. The highest BCUT2D eigenvalue weighted by atomic mass is 32.1. The molecule has 0 aliphatic heterocycles. The molecule has 4 rings (SSSR count). The summed E-state index contributed by atoms with van der Waals surface area (Å²) in [4.78, 5) is 18.6. The first-order valence-electron chi connectivity index (χ1n) is 8.57. The van der Waals surface area contributed by atoms with E-state index in [0.717, 1.165) is 27.5 Å². The number of amides is 1. The molecule has 4 heterocycles. The largest absolute Gasteiger partial charge is 0.352 e. The molecule has 4 aromatic rings. The lowest BCUT2D eigenvalue weighted by atomic mass is 10.1. The van der Waals surface area contributed by atoms with Crippen LogP contribution in [0.2, 0.25) is 0 Å². The van der Waals surface area contributed by atoms with Crippen LogP contribution in [-0.4, -0.2) is 26.4 Å². The first-order valence-corrected chi connectivity index (χ1v) is 9.39. The molecular weight excluding hydrogens is 344 g/mol. The lowest BCUT2D eigenvalue weighted by molar-refractivity contribution is 0.0954. The van der Waals surface area contributed by atoms with Crippen molar-refractivity contribution in [3.63, 3.8) is 0 Å². The van der Waals surface area contributed by atoms with Crippen molar-refractivity contribution in [2.24, 2.45) is 0 Å². The quantitative estimate of drug-likeness (QED) is 0.586. The minimum atomic E-state index is -0.0284. The van der Waals surface area contributed by atoms with E-state index in [-0.39, 0.29) is 5.91 Å². The van der Waals surface area contributed by atoms with Gasteiger partial charge in [-0.1, -0.05) is 6.07 Å². The second-order valence-corrected chi connectivity index (χ2v) is 7.46. The van der Waals surface area contributed by atoms with Crippen molar-refractivity contribution in [1.82, 2.24) is 19.3 Å². The average molecular weight is 364 g/mol. The molecule has 1 N–H and O–H groups in total. The third kappa shape index (κ3) is 3.04. The molecule has 6 heteroatoms.